The van der Waals surface area contributed by atoms with E-state index in [0.717, 1.165) is 8.95 Å². The fourth-order valence-electron chi connectivity index (χ4n) is 1.68. The predicted molar refractivity (Wildman–Crippen MR) is 86.3 cm³/mol. The number of Topliss-reactive ketones (excluding diaryl/α,β-unsaturated/α-hetero) is 1. The van der Waals surface area contributed by atoms with Crippen molar-refractivity contribution >= 4 is 60.8 Å². The largest absolute Gasteiger partial charge is 0.294 e. The van der Waals surface area contributed by atoms with Gasteiger partial charge in [-0.05, 0) is 35.9 Å². The van der Waals surface area contributed by atoms with Gasteiger partial charge >= 0.3 is 0 Å². The summed E-state index contributed by atoms with van der Waals surface area (Å²) < 4.78 is 1.69. The van der Waals surface area contributed by atoms with E-state index in [0.29, 0.717) is 21.2 Å². The summed E-state index contributed by atoms with van der Waals surface area (Å²) in [6.07, 6.45) is 0.182. The van der Waals surface area contributed by atoms with Gasteiger partial charge in [0.25, 0.3) is 0 Å². The maximum atomic E-state index is 12.3. The number of halogens is 4. The highest BCUT2D eigenvalue weighted by Gasteiger charge is 2.13. The van der Waals surface area contributed by atoms with Gasteiger partial charge in [0.05, 0.1) is 0 Å². The number of rotatable bonds is 3. The van der Waals surface area contributed by atoms with Crippen LogP contribution in [0.25, 0.3) is 0 Å². The van der Waals surface area contributed by atoms with Crippen LogP contribution in [0, 0.1) is 0 Å². The number of carbonyl (C=O) groups excluding carboxylic acids is 1. The second-order valence-electron chi connectivity index (χ2n) is 3.96. The van der Waals surface area contributed by atoms with Crippen molar-refractivity contribution in [3.05, 3.63) is 66.5 Å². The molecule has 2 aromatic rings. The summed E-state index contributed by atoms with van der Waals surface area (Å²) in [5.74, 6) is -0.0306. The molecule has 0 aromatic heterocycles. The van der Waals surface area contributed by atoms with Crippen LogP contribution in [0.2, 0.25) is 10.0 Å². The van der Waals surface area contributed by atoms with Crippen LogP contribution in [-0.4, -0.2) is 5.78 Å². The quantitative estimate of drug-likeness (QED) is 0.559. The number of benzene rings is 2. The molecule has 0 saturated carbocycles. The molecule has 0 amide bonds. The standard InChI is InChI=1S/C14H8Br2Cl2O/c15-9-4-8(5-10(16)6-9)14(19)7-11-12(17)2-1-3-13(11)18/h1-6H,7H2. The molecule has 0 bridgehead atoms. The highest BCUT2D eigenvalue weighted by atomic mass is 79.9. The smallest absolute Gasteiger partial charge is 0.167 e. The van der Waals surface area contributed by atoms with Crippen LogP contribution in [0.3, 0.4) is 0 Å². The molecule has 0 aliphatic carbocycles. The molecule has 0 radical (unpaired) electrons. The normalized spacial score (nSPS) is 10.5. The van der Waals surface area contributed by atoms with Gasteiger partial charge < -0.3 is 0 Å². The third-order valence-corrected chi connectivity index (χ3v) is 4.21. The lowest BCUT2D eigenvalue weighted by atomic mass is 10.0. The first-order valence-corrected chi connectivity index (χ1v) is 7.74. The molecule has 1 nitrogen and oxygen atoms in total. The van der Waals surface area contributed by atoms with E-state index in [-0.39, 0.29) is 12.2 Å². The Kier molecular flexibility index (Phi) is 5.07. The van der Waals surface area contributed by atoms with Crippen molar-refractivity contribution in [2.45, 2.75) is 6.42 Å². The molecular formula is C14H8Br2Cl2O. The van der Waals surface area contributed by atoms with Crippen molar-refractivity contribution in [3.63, 3.8) is 0 Å². The Morgan fingerprint density at radius 2 is 1.53 bits per heavy atom. The zero-order chi connectivity index (χ0) is 14.0. The van der Waals surface area contributed by atoms with Crippen LogP contribution in [0.15, 0.2) is 45.3 Å². The summed E-state index contributed by atoms with van der Waals surface area (Å²) in [6, 6.07) is 10.6. The van der Waals surface area contributed by atoms with Crippen molar-refractivity contribution in [3.8, 4) is 0 Å². The maximum Gasteiger partial charge on any atom is 0.167 e. The third-order valence-electron chi connectivity index (χ3n) is 2.58. The number of ketones is 1. The molecule has 98 valence electrons. The lowest BCUT2D eigenvalue weighted by Gasteiger charge is -2.07. The first kappa shape index (κ1) is 15.0. The lowest BCUT2D eigenvalue weighted by Crippen LogP contribution is -2.04. The highest BCUT2D eigenvalue weighted by molar-refractivity contribution is 9.11. The Hall–Kier alpha value is -0.350. The van der Waals surface area contributed by atoms with Gasteiger partial charge in [-0.3, -0.25) is 4.79 Å². The van der Waals surface area contributed by atoms with Crippen LogP contribution in [-0.2, 0) is 6.42 Å². The summed E-state index contributed by atoms with van der Waals surface area (Å²) in [7, 11) is 0. The highest BCUT2D eigenvalue weighted by Crippen LogP contribution is 2.27. The maximum absolute atomic E-state index is 12.3. The summed E-state index contributed by atoms with van der Waals surface area (Å²) in [5.41, 5.74) is 1.27. The molecular weight excluding hydrogens is 415 g/mol. The van der Waals surface area contributed by atoms with Crippen LogP contribution in [0.5, 0.6) is 0 Å². The van der Waals surface area contributed by atoms with Gasteiger partial charge in [0, 0.05) is 31.0 Å². The Bertz CT molecular complexity index is 601. The summed E-state index contributed by atoms with van der Waals surface area (Å²) in [6.45, 7) is 0. The fourth-order valence-corrected chi connectivity index (χ4v) is 3.50. The third kappa shape index (κ3) is 3.82. The van der Waals surface area contributed by atoms with Crippen LogP contribution in [0.1, 0.15) is 15.9 Å². The summed E-state index contributed by atoms with van der Waals surface area (Å²) >= 11 is 18.9. The second-order valence-corrected chi connectivity index (χ2v) is 6.60. The van der Waals surface area contributed by atoms with Gasteiger partial charge in [-0.1, -0.05) is 61.1 Å². The summed E-state index contributed by atoms with van der Waals surface area (Å²) in [5, 5.41) is 1.02. The Morgan fingerprint density at radius 1 is 1.00 bits per heavy atom. The SMILES string of the molecule is O=C(Cc1c(Cl)cccc1Cl)c1cc(Br)cc(Br)c1. The zero-order valence-electron chi connectivity index (χ0n) is 9.59. The molecule has 0 heterocycles. The van der Waals surface area contributed by atoms with Crippen LogP contribution >= 0.6 is 55.1 Å². The topological polar surface area (TPSA) is 17.1 Å². The minimum Gasteiger partial charge on any atom is -0.294 e. The first-order chi connectivity index (χ1) is 8.97. The van der Waals surface area contributed by atoms with E-state index >= 15 is 0 Å². The van der Waals surface area contributed by atoms with E-state index in [1.165, 1.54) is 0 Å². The molecule has 2 rings (SSSR count). The van der Waals surface area contributed by atoms with Crippen molar-refractivity contribution in [1.29, 1.82) is 0 Å². The number of carbonyl (C=O) groups is 1. The molecule has 0 saturated heterocycles. The van der Waals surface area contributed by atoms with E-state index < -0.39 is 0 Å². The Balaban J connectivity index is 2.31. The van der Waals surface area contributed by atoms with Gasteiger partial charge in [-0.15, -0.1) is 0 Å². The molecule has 0 spiro atoms. The number of hydrogen-bond donors (Lipinski definition) is 0. The molecule has 0 fully saturated rings. The van der Waals surface area contributed by atoms with Crippen molar-refractivity contribution in [1.82, 2.24) is 0 Å². The van der Waals surface area contributed by atoms with Gasteiger partial charge in [0.2, 0.25) is 0 Å². The van der Waals surface area contributed by atoms with Gasteiger partial charge in [0.15, 0.2) is 5.78 Å². The first-order valence-electron chi connectivity index (χ1n) is 5.39. The lowest BCUT2D eigenvalue weighted by molar-refractivity contribution is 0.0993. The van der Waals surface area contributed by atoms with Crippen LogP contribution < -0.4 is 0 Å². The zero-order valence-corrected chi connectivity index (χ0v) is 14.3. The fraction of sp³-hybridized carbons (Fsp3) is 0.0714. The Morgan fingerprint density at radius 3 is 2.05 bits per heavy atom. The van der Waals surface area contributed by atoms with E-state index in [2.05, 4.69) is 31.9 Å². The molecule has 0 aliphatic heterocycles. The van der Waals surface area contributed by atoms with E-state index in [1.807, 2.05) is 6.07 Å². The minimum absolute atomic E-state index is 0.0306. The Labute approximate surface area is 138 Å². The van der Waals surface area contributed by atoms with Gasteiger partial charge in [-0.25, -0.2) is 0 Å². The molecule has 19 heavy (non-hydrogen) atoms. The predicted octanol–water partition coefficient (Wildman–Crippen LogP) is 5.94. The summed E-state index contributed by atoms with van der Waals surface area (Å²) in [4.78, 5) is 12.3. The van der Waals surface area contributed by atoms with Crippen molar-refractivity contribution < 1.29 is 4.79 Å². The van der Waals surface area contributed by atoms with Gasteiger partial charge in [-0.2, -0.15) is 0 Å². The molecule has 5 heteroatoms. The molecule has 0 unspecified atom stereocenters. The second kappa shape index (κ2) is 6.40. The average Bonchev–Trinajstić information content (AvgIpc) is 2.32. The van der Waals surface area contributed by atoms with Crippen molar-refractivity contribution in [2.75, 3.05) is 0 Å². The van der Waals surface area contributed by atoms with Crippen LogP contribution in [0.4, 0.5) is 0 Å². The van der Waals surface area contributed by atoms with E-state index in [1.54, 1.807) is 30.3 Å². The van der Waals surface area contributed by atoms with Gasteiger partial charge in [0.1, 0.15) is 0 Å². The molecule has 0 atom stereocenters. The average molecular weight is 423 g/mol. The van der Waals surface area contributed by atoms with Crippen molar-refractivity contribution in [2.24, 2.45) is 0 Å². The van der Waals surface area contributed by atoms with E-state index in [4.69, 9.17) is 23.2 Å². The number of hydrogen-bond acceptors (Lipinski definition) is 1. The monoisotopic (exact) mass is 420 g/mol. The molecule has 0 N–H and O–H groups in total. The minimum atomic E-state index is -0.0306. The molecule has 0 aliphatic rings. The molecule has 2 aromatic carbocycles. The van der Waals surface area contributed by atoms with E-state index in [9.17, 15) is 4.79 Å².